The molecule has 0 radical (unpaired) electrons. The van der Waals surface area contributed by atoms with E-state index >= 15 is 0 Å². The number of halogens is 1. The van der Waals surface area contributed by atoms with Gasteiger partial charge in [-0.25, -0.2) is 4.39 Å². The van der Waals surface area contributed by atoms with Gasteiger partial charge in [0.05, 0.1) is 0 Å². The predicted octanol–water partition coefficient (Wildman–Crippen LogP) is 4.87. The average Bonchev–Trinajstić information content (AvgIpc) is 3.13. The summed E-state index contributed by atoms with van der Waals surface area (Å²) in [6.07, 6.45) is 2.51. The van der Waals surface area contributed by atoms with Crippen molar-refractivity contribution in [3.05, 3.63) is 59.4 Å². The number of carbonyl (C=O) groups excluding carboxylic acids is 1. The van der Waals surface area contributed by atoms with Crippen LogP contribution in [0, 0.1) is 12.7 Å². The fourth-order valence-electron chi connectivity index (χ4n) is 3.20. The van der Waals surface area contributed by atoms with Crippen LogP contribution in [0.4, 0.5) is 15.8 Å². The lowest BCUT2D eigenvalue weighted by atomic mass is 10.1. The van der Waals surface area contributed by atoms with Crippen molar-refractivity contribution in [1.29, 1.82) is 0 Å². The molecule has 1 saturated heterocycles. The number of nitrogens with zero attached hydrogens (tertiary/aromatic N) is 1. The first kappa shape index (κ1) is 21.6. The van der Waals surface area contributed by atoms with Crippen LogP contribution in [-0.2, 0) is 10.5 Å². The second-order valence-electron chi connectivity index (χ2n) is 7.06. The third-order valence-electron chi connectivity index (χ3n) is 4.76. The van der Waals surface area contributed by atoms with Gasteiger partial charge in [0.25, 0.3) is 0 Å². The third-order valence-corrected chi connectivity index (χ3v) is 6.13. The zero-order valence-electron chi connectivity index (χ0n) is 16.5. The lowest BCUT2D eigenvalue weighted by Crippen LogP contribution is -2.30. The SMILES string of the molecule is Cc1ccc(NC(=S)NCCCSCc2ccc(F)cc2)cc1N1CCCC1=O. The van der Waals surface area contributed by atoms with Gasteiger partial charge in [-0.1, -0.05) is 18.2 Å². The highest BCUT2D eigenvalue weighted by atomic mass is 32.2. The molecule has 154 valence electrons. The summed E-state index contributed by atoms with van der Waals surface area (Å²) in [4.78, 5) is 13.9. The lowest BCUT2D eigenvalue weighted by molar-refractivity contribution is -0.117. The van der Waals surface area contributed by atoms with E-state index in [1.807, 2.05) is 53.9 Å². The highest BCUT2D eigenvalue weighted by molar-refractivity contribution is 7.98. The van der Waals surface area contributed by atoms with E-state index in [0.717, 1.165) is 59.9 Å². The molecule has 0 atom stereocenters. The van der Waals surface area contributed by atoms with Crippen LogP contribution in [-0.4, -0.2) is 29.9 Å². The molecule has 0 aliphatic carbocycles. The van der Waals surface area contributed by atoms with E-state index in [2.05, 4.69) is 10.6 Å². The Morgan fingerprint density at radius 2 is 2.03 bits per heavy atom. The van der Waals surface area contributed by atoms with Gasteiger partial charge in [0.15, 0.2) is 5.11 Å². The van der Waals surface area contributed by atoms with E-state index in [-0.39, 0.29) is 11.7 Å². The van der Waals surface area contributed by atoms with E-state index in [9.17, 15) is 9.18 Å². The van der Waals surface area contributed by atoms with Gasteiger partial charge in [-0.2, -0.15) is 11.8 Å². The van der Waals surface area contributed by atoms with Gasteiger partial charge in [-0.3, -0.25) is 4.79 Å². The number of hydrogen-bond acceptors (Lipinski definition) is 3. The zero-order chi connectivity index (χ0) is 20.6. The summed E-state index contributed by atoms with van der Waals surface area (Å²) < 4.78 is 12.9. The first-order chi connectivity index (χ1) is 14.0. The lowest BCUT2D eigenvalue weighted by Gasteiger charge is -2.20. The Morgan fingerprint density at radius 3 is 2.76 bits per heavy atom. The van der Waals surface area contributed by atoms with Crippen LogP contribution in [0.25, 0.3) is 0 Å². The summed E-state index contributed by atoms with van der Waals surface area (Å²) >= 11 is 7.21. The molecule has 0 saturated carbocycles. The number of carbonyl (C=O) groups is 1. The Morgan fingerprint density at radius 1 is 1.24 bits per heavy atom. The predicted molar refractivity (Wildman–Crippen MR) is 124 cm³/mol. The number of rotatable bonds is 8. The fraction of sp³-hybridized carbons (Fsp3) is 0.364. The summed E-state index contributed by atoms with van der Waals surface area (Å²) in [5.41, 5.74) is 4.06. The molecule has 2 aromatic carbocycles. The molecular formula is C22H26FN3OS2. The normalized spacial score (nSPS) is 13.6. The van der Waals surface area contributed by atoms with Gasteiger partial charge in [-0.15, -0.1) is 0 Å². The summed E-state index contributed by atoms with van der Waals surface area (Å²) in [5.74, 6) is 1.86. The van der Waals surface area contributed by atoms with Crippen molar-refractivity contribution in [2.75, 3.05) is 29.1 Å². The second-order valence-corrected chi connectivity index (χ2v) is 8.58. The van der Waals surface area contributed by atoms with Gasteiger partial charge in [0, 0.05) is 36.6 Å². The summed E-state index contributed by atoms with van der Waals surface area (Å²) in [6, 6.07) is 12.6. The first-order valence-corrected chi connectivity index (χ1v) is 11.4. The van der Waals surface area contributed by atoms with E-state index < -0.39 is 0 Å². The van der Waals surface area contributed by atoms with Crippen molar-refractivity contribution in [3.8, 4) is 0 Å². The molecule has 1 aliphatic heterocycles. The second kappa shape index (κ2) is 10.6. The maximum atomic E-state index is 12.9. The van der Waals surface area contributed by atoms with Crippen molar-refractivity contribution in [2.24, 2.45) is 0 Å². The minimum Gasteiger partial charge on any atom is -0.362 e. The van der Waals surface area contributed by atoms with Crippen molar-refractivity contribution in [2.45, 2.75) is 31.9 Å². The van der Waals surface area contributed by atoms with Crippen LogP contribution in [0.3, 0.4) is 0 Å². The van der Waals surface area contributed by atoms with Gasteiger partial charge in [-0.05, 0) is 73.1 Å². The number of thiocarbonyl (C=S) groups is 1. The Balaban J connectivity index is 1.38. The molecule has 1 amide bonds. The van der Waals surface area contributed by atoms with Crippen LogP contribution in [0.1, 0.15) is 30.4 Å². The van der Waals surface area contributed by atoms with Gasteiger partial charge < -0.3 is 15.5 Å². The Bertz CT molecular complexity index is 858. The summed E-state index contributed by atoms with van der Waals surface area (Å²) in [5, 5.41) is 7.02. The van der Waals surface area contributed by atoms with E-state index in [0.29, 0.717) is 11.5 Å². The standard InChI is InChI=1S/C22H26FN3OS2/c1-16-5-10-19(14-20(16)26-12-2-4-21(26)27)25-22(28)24-11-3-13-29-15-17-6-8-18(23)9-7-17/h5-10,14H,2-4,11-13,15H2,1H3,(H2,24,25,28). The highest BCUT2D eigenvalue weighted by Crippen LogP contribution is 2.28. The number of nitrogens with one attached hydrogen (secondary N) is 2. The van der Waals surface area contributed by atoms with Crippen molar-refractivity contribution in [1.82, 2.24) is 5.32 Å². The smallest absolute Gasteiger partial charge is 0.227 e. The number of thioether (sulfide) groups is 1. The molecule has 0 bridgehead atoms. The Labute approximate surface area is 181 Å². The molecule has 2 aromatic rings. The zero-order valence-corrected chi connectivity index (χ0v) is 18.2. The van der Waals surface area contributed by atoms with Crippen molar-refractivity contribution >= 4 is 46.4 Å². The number of anilines is 2. The molecular weight excluding hydrogens is 405 g/mol. The molecule has 1 fully saturated rings. The van der Waals surface area contributed by atoms with Gasteiger partial charge in [0.2, 0.25) is 5.91 Å². The van der Waals surface area contributed by atoms with Crippen molar-refractivity contribution in [3.63, 3.8) is 0 Å². The van der Waals surface area contributed by atoms with Crippen molar-refractivity contribution < 1.29 is 9.18 Å². The third kappa shape index (κ3) is 6.44. The molecule has 0 unspecified atom stereocenters. The fourth-order valence-corrected chi connectivity index (χ4v) is 4.34. The Kier molecular flexibility index (Phi) is 7.89. The quantitative estimate of drug-likeness (QED) is 0.461. The molecule has 29 heavy (non-hydrogen) atoms. The number of aryl methyl sites for hydroxylation is 1. The summed E-state index contributed by atoms with van der Waals surface area (Å²) in [6.45, 7) is 3.58. The first-order valence-electron chi connectivity index (χ1n) is 9.81. The maximum Gasteiger partial charge on any atom is 0.227 e. The molecule has 3 rings (SSSR count). The molecule has 0 aromatic heterocycles. The van der Waals surface area contributed by atoms with Crippen LogP contribution in [0.15, 0.2) is 42.5 Å². The average molecular weight is 432 g/mol. The molecule has 1 aliphatic rings. The highest BCUT2D eigenvalue weighted by Gasteiger charge is 2.23. The monoisotopic (exact) mass is 431 g/mol. The number of benzene rings is 2. The summed E-state index contributed by atoms with van der Waals surface area (Å²) in [7, 11) is 0. The maximum absolute atomic E-state index is 12.9. The largest absolute Gasteiger partial charge is 0.362 e. The van der Waals surface area contributed by atoms with Crippen LogP contribution in [0.5, 0.6) is 0 Å². The topological polar surface area (TPSA) is 44.4 Å². The molecule has 0 spiro atoms. The Hall–Kier alpha value is -2.12. The minimum absolute atomic E-state index is 0.184. The molecule has 7 heteroatoms. The minimum atomic E-state index is -0.198. The number of hydrogen-bond donors (Lipinski definition) is 2. The number of amides is 1. The van der Waals surface area contributed by atoms with Crippen LogP contribution in [0.2, 0.25) is 0 Å². The van der Waals surface area contributed by atoms with Crippen LogP contribution < -0.4 is 15.5 Å². The van der Waals surface area contributed by atoms with Gasteiger partial charge in [0.1, 0.15) is 5.82 Å². The van der Waals surface area contributed by atoms with Crippen LogP contribution >= 0.6 is 24.0 Å². The molecule has 4 nitrogen and oxygen atoms in total. The van der Waals surface area contributed by atoms with Gasteiger partial charge >= 0.3 is 0 Å². The molecule has 1 heterocycles. The van der Waals surface area contributed by atoms with E-state index in [4.69, 9.17) is 12.2 Å². The molecule has 2 N–H and O–H groups in total. The van der Waals surface area contributed by atoms with E-state index in [1.54, 1.807) is 0 Å². The van der Waals surface area contributed by atoms with E-state index in [1.165, 1.54) is 12.1 Å².